The Balaban J connectivity index is 2.04. The maximum atomic E-state index is 12.2. The topological polar surface area (TPSA) is 87.2 Å². The van der Waals surface area contributed by atoms with Crippen LogP contribution in [0.1, 0.15) is 61.8 Å². The lowest BCUT2D eigenvalue weighted by Crippen LogP contribution is -2.57. The average Bonchev–Trinajstić information content (AvgIpc) is 2.70. The fourth-order valence-electron chi connectivity index (χ4n) is 3.24. The molecular formula is C18H24N2O5. The lowest BCUT2D eigenvalue weighted by Gasteiger charge is -2.45. The van der Waals surface area contributed by atoms with E-state index in [9.17, 15) is 19.5 Å². The SMILES string of the molecule is CC(C)(C)N(C(=O)O)C(C)(C)CCON1C(=O)c2ccccc2C1=O. The molecule has 0 unspecified atom stereocenters. The fourth-order valence-corrected chi connectivity index (χ4v) is 3.24. The predicted octanol–water partition coefficient (Wildman–Crippen LogP) is 3.16. The van der Waals surface area contributed by atoms with Crippen LogP contribution in [0.4, 0.5) is 4.79 Å². The van der Waals surface area contributed by atoms with Gasteiger partial charge < -0.3 is 5.11 Å². The first-order chi connectivity index (χ1) is 11.5. The van der Waals surface area contributed by atoms with Gasteiger partial charge in [-0.3, -0.25) is 19.3 Å². The second-order valence-electron chi connectivity index (χ2n) is 7.63. The summed E-state index contributed by atoms with van der Waals surface area (Å²) in [5.41, 5.74) is -0.699. The Morgan fingerprint density at radius 2 is 1.56 bits per heavy atom. The molecule has 0 bridgehead atoms. The molecule has 1 aliphatic heterocycles. The largest absolute Gasteiger partial charge is 0.465 e. The molecule has 3 amide bonds. The Morgan fingerprint density at radius 1 is 1.08 bits per heavy atom. The molecule has 0 saturated heterocycles. The number of hydroxylamine groups is 2. The van der Waals surface area contributed by atoms with Crippen molar-refractivity contribution >= 4 is 17.9 Å². The van der Waals surface area contributed by atoms with Crippen LogP contribution in [-0.4, -0.2) is 50.7 Å². The molecule has 0 atom stereocenters. The summed E-state index contributed by atoms with van der Waals surface area (Å²) in [5, 5.41) is 10.3. The highest BCUT2D eigenvalue weighted by Crippen LogP contribution is 2.29. The van der Waals surface area contributed by atoms with Crippen molar-refractivity contribution in [1.82, 2.24) is 9.96 Å². The molecule has 0 saturated carbocycles. The number of rotatable bonds is 5. The van der Waals surface area contributed by atoms with Gasteiger partial charge in [0.05, 0.1) is 17.7 Å². The van der Waals surface area contributed by atoms with Crippen LogP contribution in [0.5, 0.6) is 0 Å². The molecule has 25 heavy (non-hydrogen) atoms. The van der Waals surface area contributed by atoms with Crippen LogP contribution in [0, 0.1) is 0 Å². The zero-order valence-corrected chi connectivity index (χ0v) is 15.2. The van der Waals surface area contributed by atoms with E-state index in [0.29, 0.717) is 17.5 Å². The van der Waals surface area contributed by atoms with E-state index < -0.39 is 29.0 Å². The highest BCUT2D eigenvalue weighted by molar-refractivity contribution is 6.20. The van der Waals surface area contributed by atoms with Crippen molar-refractivity contribution < 1.29 is 24.3 Å². The number of hydrogen-bond donors (Lipinski definition) is 1. The Hall–Kier alpha value is -2.41. The monoisotopic (exact) mass is 348 g/mol. The molecule has 0 radical (unpaired) electrons. The minimum atomic E-state index is -1.03. The third-order valence-corrected chi connectivity index (χ3v) is 4.16. The van der Waals surface area contributed by atoms with Crippen LogP contribution < -0.4 is 0 Å². The summed E-state index contributed by atoms with van der Waals surface area (Å²) >= 11 is 0. The van der Waals surface area contributed by atoms with Gasteiger partial charge in [-0.2, -0.15) is 0 Å². The van der Waals surface area contributed by atoms with Gasteiger partial charge >= 0.3 is 6.09 Å². The van der Waals surface area contributed by atoms with Crippen LogP contribution in [0.2, 0.25) is 0 Å². The van der Waals surface area contributed by atoms with Crippen molar-refractivity contribution in [3.63, 3.8) is 0 Å². The Morgan fingerprint density at radius 3 is 1.96 bits per heavy atom. The summed E-state index contributed by atoms with van der Waals surface area (Å²) in [6.45, 7) is 9.06. The second kappa shape index (κ2) is 6.48. The molecule has 7 nitrogen and oxygen atoms in total. The Kier molecular flexibility index (Phi) is 4.90. The van der Waals surface area contributed by atoms with Crippen LogP contribution in [0.15, 0.2) is 24.3 Å². The van der Waals surface area contributed by atoms with E-state index in [1.165, 1.54) is 4.90 Å². The zero-order chi connectivity index (χ0) is 19.0. The highest BCUT2D eigenvalue weighted by atomic mass is 16.7. The minimum absolute atomic E-state index is 0.0400. The number of hydrogen-bond acceptors (Lipinski definition) is 4. The van der Waals surface area contributed by atoms with Gasteiger partial charge in [0, 0.05) is 11.1 Å². The second-order valence-corrected chi connectivity index (χ2v) is 7.63. The fraction of sp³-hybridized carbons (Fsp3) is 0.500. The summed E-state index contributed by atoms with van der Waals surface area (Å²) < 4.78 is 0. The summed E-state index contributed by atoms with van der Waals surface area (Å²) in [6.07, 6.45) is -0.706. The van der Waals surface area contributed by atoms with Gasteiger partial charge in [0.15, 0.2) is 0 Å². The number of carboxylic acid groups (broad SMARTS) is 1. The van der Waals surface area contributed by atoms with Gasteiger partial charge in [-0.25, -0.2) is 4.79 Å². The van der Waals surface area contributed by atoms with Crippen molar-refractivity contribution in [1.29, 1.82) is 0 Å². The zero-order valence-electron chi connectivity index (χ0n) is 15.2. The molecule has 136 valence electrons. The minimum Gasteiger partial charge on any atom is -0.465 e. The molecule has 1 aromatic rings. The average molecular weight is 348 g/mol. The van der Waals surface area contributed by atoms with E-state index in [-0.39, 0.29) is 6.61 Å². The summed E-state index contributed by atoms with van der Waals surface area (Å²) in [4.78, 5) is 42.9. The van der Waals surface area contributed by atoms with E-state index in [4.69, 9.17) is 4.84 Å². The van der Waals surface area contributed by atoms with Crippen molar-refractivity contribution in [2.45, 2.75) is 52.1 Å². The summed E-state index contributed by atoms with van der Waals surface area (Å²) in [5.74, 6) is -0.992. The van der Waals surface area contributed by atoms with Gasteiger partial charge in [0.25, 0.3) is 11.8 Å². The molecule has 0 aromatic heterocycles. The molecule has 7 heteroatoms. The molecule has 0 spiro atoms. The first kappa shape index (κ1) is 18.9. The standard InChI is InChI=1S/C18H24N2O5/c1-17(2,3)20(16(23)24)18(4,5)10-11-25-19-14(21)12-8-6-7-9-13(12)15(19)22/h6-9H,10-11H2,1-5H3,(H,23,24). The van der Waals surface area contributed by atoms with E-state index in [0.717, 1.165) is 5.06 Å². The normalized spacial score (nSPS) is 14.7. The quantitative estimate of drug-likeness (QED) is 0.826. The lowest BCUT2D eigenvalue weighted by atomic mass is 9.92. The number of fused-ring (bicyclic) bond motifs is 1. The predicted molar refractivity (Wildman–Crippen MR) is 91.2 cm³/mol. The molecule has 1 aromatic carbocycles. The van der Waals surface area contributed by atoms with E-state index in [1.54, 1.807) is 38.1 Å². The number of carbonyl (C=O) groups is 3. The number of benzene rings is 1. The van der Waals surface area contributed by atoms with E-state index in [2.05, 4.69) is 0 Å². The van der Waals surface area contributed by atoms with Crippen molar-refractivity contribution in [3.8, 4) is 0 Å². The van der Waals surface area contributed by atoms with Crippen LogP contribution in [0.25, 0.3) is 0 Å². The summed E-state index contributed by atoms with van der Waals surface area (Å²) in [7, 11) is 0. The molecular weight excluding hydrogens is 324 g/mol. The van der Waals surface area contributed by atoms with Gasteiger partial charge in [-0.05, 0) is 53.2 Å². The van der Waals surface area contributed by atoms with Gasteiger partial charge in [0.1, 0.15) is 0 Å². The molecule has 1 N–H and O–H groups in total. The van der Waals surface area contributed by atoms with E-state index >= 15 is 0 Å². The van der Waals surface area contributed by atoms with Crippen molar-refractivity contribution in [2.75, 3.05) is 6.61 Å². The van der Waals surface area contributed by atoms with Gasteiger partial charge in [-0.1, -0.05) is 12.1 Å². The van der Waals surface area contributed by atoms with E-state index in [1.807, 2.05) is 20.8 Å². The first-order valence-corrected chi connectivity index (χ1v) is 8.11. The number of imide groups is 1. The Bertz CT molecular complexity index is 671. The molecule has 1 heterocycles. The van der Waals surface area contributed by atoms with Gasteiger partial charge in [0.2, 0.25) is 0 Å². The van der Waals surface area contributed by atoms with Crippen LogP contribution >= 0.6 is 0 Å². The molecule has 0 aliphatic carbocycles. The number of nitrogens with zero attached hydrogens (tertiary/aromatic N) is 2. The number of amides is 3. The molecule has 0 fully saturated rings. The Labute approximate surface area is 147 Å². The van der Waals surface area contributed by atoms with Crippen molar-refractivity contribution in [3.05, 3.63) is 35.4 Å². The highest BCUT2D eigenvalue weighted by Gasteiger charge is 2.40. The maximum Gasteiger partial charge on any atom is 0.408 e. The van der Waals surface area contributed by atoms with Crippen LogP contribution in [0.3, 0.4) is 0 Å². The molecule has 1 aliphatic rings. The third-order valence-electron chi connectivity index (χ3n) is 4.16. The lowest BCUT2D eigenvalue weighted by molar-refractivity contribution is -0.102. The third kappa shape index (κ3) is 3.66. The van der Waals surface area contributed by atoms with Crippen LogP contribution in [-0.2, 0) is 4.84 Å². The van der Waals surface area contributed by atoms with Gasteiger partial charge in [-0.15, -0.1) is 5.06 Å². The van der Waals surface area contributed by atoms with Crippen molar-refractivity contribution in [2.24, 2.45) is 0 Å². The molecule has 2 rings (SSSR count). The first-order valence-electron chi connectivity index (χ1n) is 8.11. The maximum absolute atomic E-state index is 12.2. The number of carbonyl (C=O) groups excluding carboxylic acids is 2. The smallest absolute Gasteiger partial charge is 0.408 e. The summed E-state index contributed by atoms with van der Waals surface area (Å²) in [6, 6.07) is 6.53.